The molecule has 5 nitrogen and oxygen atoms in total. The summed E-state index contributed by atoms with van der Waals surface area (Å²) in [6.07, 6.45) is 3.09. The van der Waals surface area contributed by atoms with Crippen molar-refractivity contribution in [1.29, 1.82) is 0 Å². The molecule has 0 radical (unpaired) electrons. The molecule has 1 aliphatic rings. The van der Waals surface area contributed by atoms with Crippen molar-refractivity contribution in [3.63, 3.8) is 0 Å². The number of furan rings is 1. The Kier molecular flexibility index (Phi) is 6.37. The van der Waals surface area contributed by atoms with Gasteiger partial charge in [-0.15, -0.1) is 0 Å². The van der Waals surface area contributed by atoms with Crippen LogP contribution >= 0.6 is 0 Å². The predicted molar refractivity (Wildman–Crippen MR) is 118 cm³/mol. The Morgan fingerprint density at radius 3 is 2.52 bits per heavy atom. The first-order valence-corrected chi connectivity index (χ1v) is 10.5. The molecule has 1 aliphatic heterocycles. The summed E-state index contributed by atoms with van der Waals surface area (Å²) < 4.78 is 24.9. The quantitative estimate of drug-likeness (QED) is 0.558. The zero-order valence-electron chi connectivity index (χ0n) is 17.9. The second-order valence-corrected chi connectivity index (χ2v) is 7.94. The van der Waals surface area contributed by atoms with E-state index in [2.05, 4.69) is 17.0 Å². The van der Waals surface area contributed by atoms with Crippen molar-refractivity contribution < 1.29 is 18.3 Å². The first-order chi connectivity index (χ1) is 15.0. The summed E-state index contributed by atoms with van der Waals surface area (Å²) in [5.74, 6) is 0.565. The summed E-state index contributed by atoms with van der Waals surface area (Å²) in [7, 11) is 1.66. The number of anilines is 1. The van der Waals surface area contributed by atoms with Crippen molar-refractivity contribution in [3.05, 3.63) is 83.6 Å². The number of hydrogen-bond donors (Lipinski definition) is 0. The van der Waals surface area contributed by atoms with Crippen LogP contribution in [0.3, 0.4) is 0 Å². The van der Waals surface area contributed by atoms with Gasteiger partial charge >= 0.3 is 0 Å². The maximum absolute atomic E-state index is 14.3. The zero-order chi connectivity index (χ0) is 21.8. The Bertz CT molecular complexity index is 1010. The van der Waals surface area contributed by atoms with Gasteiger partial charge in [0.05, 0.1) is 13.4 Å². The monoisotopic (exact) mass is 422 g/mol. The van der Waals surface area contributed by atoms with Crippen LogP contribution in [0.25, 0.3) is 0 Å². The van der Waals surface area contributed by atoms with Gasteiger partial charge in [-0.1, -0.05) is 18.2 Å². The number of piperidine rings is 1. The van der Waals surface area contributed by atoms with E-state index in [9.17, 15) is 9.18 Å². The first-order valence-electron chi connectivity index (χ1n) is 10.5. The van der Waals surface area contributed by atoms with Crippen LogP contribution in [0.2, 0.25) is 0 Å². The third-order valence-electron chi connectivity index (χ3n) is 5.87. The minimum atomic E-state index is -0.313. The van der Waals surface area contributed by atoms with Gasteiger partial charge in [-0.25, -0.2) is 4.39 Å². The van der Waals surface area contributed by atoms with Gasteiger partial charge < -0.3 is 14.1 Å². The number of nitrogens with zero attached hydrogens (tertiary/aromatic N) is 2. The summed E-state index contributed by atoms with van der Waals surface area (Å²) in [4.78, 5) is 17.3. The van der Waals surface area contributed by atoms with E-state index in [1.165, 1.54) is 17.9 Å². The number of likely N-dealkylation sites (tertiary alicyclic amines) is 1. The molecular formula is C25H27FN2O3. The van der Waals surface area contributed by atoms with E-state index in [0.29, 0.717) is 11.3 Å². The summed E-state index contributed by atoms with van der Waals surface area (Å²) in [5, 5.41) is 0. The van der Waals surface area contributed by atoms with Crippen LogP contribution < -0.4 is 9.64 Å². The number of hydrogen-bond acceptors (Lipinski definition) is 4. The maximum atomic E-state index is 14.3. The van der Waals surface area contributed by atoms with E-state index in [1.54, 1.807) is 37.1 Å². The minimum Gasteiger partial charge on any atom is -0.497 e. The number of carbonyl (C=O) groups excluding carboxylic acids is 1. The molecule has 0 aliphatic carbocycles. The molecule has 2 aromatic carbocycles. The summed E-state index contributed by atoms with van der Waals surface area (Å²) in [5.41, 5.74) is 2.35. The fourth-order valence-electron chi connectivity index (χ4n) is 4.07. The van der Waals surface area contributed by atoms with Crippen molar-refractivity contribution in [2.75, 3.05) is 25.1 Å². The first kappa shape index (κ1) is 21.1. The van der Waals surface area contributed by atoms with Gasteiger partial charge in [-0.3, -0.25) is 9.69 Å². The lowest BCUT2D eigenvalue weighted by molar-refractivity contribution is 0.0931. The Balaban J connectivity index is 1.48. The van der Waals surface area contributed by atoms with Crippen molar-refractivity contribution in [2.24, 2.45) is 0 Å². The average Bonchev–Trinajstić information content (AvgIpc) is 3.33. The van der Waals surface area contributed by atoms with E-state index in [1.807, 2.05) is 18.2 Å². The van der Waals surface area contributed by atoms with Crippen molar-refractivity contribution in [2.45, 2.75) is 32.4 Å². The smallest absolute Gasteiger partial charge is 0.294 e. The number of methoxy groups -OCH3 is 1. The second kappa shape index (κ2) is 9.35. The second-order valence-electron chi connectivity index (χ2n) is 7.94. The van der Waals surface area contributed by atoms with Gasteiger partial charge in [0.1, 0.15) is 11.6 Å². The lowest BCUT2D eigenvalue weighted by atomic mass is 10.0. The van der Waals surface area contributed by atoms with Crippen LogP contribution in [0.5, 0.6) is 5.75 Å². The third-order valence-corrected chi connectivity index (χ3v) is 5.87. The van der Waals surface area contributed by atoms with Gasteiger partial charge in [-0.2, -0.15) is 0 Å². The number of ether oxygens (including phenoxy) is 1. The zero-order valence-corrected chi connectivity index (χ0v) is 17.9. The van der Waals surface area contributed by atoms with Gasteiger partial charge in [0.2, 0.25) is 0 Å². The fraction of sp³-hybridized carbons (Fsp3) is 0.320. The number of aryl methyl sites for hydroxylation is 1. The number of amides is 1. The largest absolute Gasteiger partial charge is 0.497 e. The number of carbonyl (C=O) groups is 1. The van der Waals surface area contributed by atoms with E-state index in [4.69, 9.17) is 9.15 Å². The van der Waals surface area contributed by atoms with Gasteiger partial charge in [-0.05, 0) is 67.3 Å². The highest BCUT2D eigenvalue weighted by Crippen LogP contribution is 2.28. The number of rotatable bonds is 6. The molecule has 0 spiro atoms. The van der Waals surface area contributed by atoms with E-state index >= 15 is 0 Å². The molecule has 0 bridgehead atoms. The Morgan fingerprint density at radius 1 is 1.16 bits per heavy atom. The lowest BCUT2D eigenvalue weighted by Gasteiger charge is -2.38. The highest BCUT2D eigenvalue weighted by atomic mass is 19.1. The standard InChI is InChI=1S/C25H27FN2O3/c1-18-5-8-21(16-23(18)26)28(25(29)24-4-3-15-31-24)20-11-13-27(14-12-20)17-19-6-9-22(30-2)10-7-19/h3-10,15-16,20H,11-14,17H2,1-2H3. The van der Waals surface area contributed by atoms with E-state index in [-0.39, 0.29) is 23.5 Å². The molecule has 4 rings (SSSR count). The van der Waals surface area contributed by atoms with Gasteiger partial charge in [0.25, 0.3) is 5.91 Å². The molecule has 2 heterocycles. The van der Waals surface area contributed by atoms with E-state index in [0.717, 1.165) is 38.2 Å². The van der Waals surface area contributed by atoms with Gasteiger partial charge in [0.15, 0.2) is 5.76 Å². The maximum Gasteiger partial charge on any atom is 0.294 e. The Hall–Kier alpha value is -3.12. The third kappa shape index (κ3) is 4.80. The molecule has 0 atom stereocenters. The van der Waals surface area contributed by atoms with Crippen molar-refractivity contribution in [1.82, 2.24) is 4.90 Å². The molecular weight excluding hydrogens is 395 g/mol. The van der Waals surface area contributed by atoms with Crippen LogP contribution in [-0.2, 0) is 6.54 Å². The highest BCUT2D eigenvalue weighted by molar-refractivity contribution is 6.04. The molecule has 0 unspecified atom stereocenters. The molecule has 6 heteroatoms. The molecule has 1 saturated heterocycles. The lowest BCUT2D eigenvalue weighted by Crippen LogP contribution is -2.47. The van der Waals surface area contributed by atoms with Crippen LogP contribution in [0, 0.1) is 12.7 Å². The topological polar surface area (TPSA) is 45.9 Å². The normalized spacial score (nSPS) is 15.1. The molecule has 1 aromatic heterocycles. The summed E-state index contributed by atoms with van der Waals surface area (Å²) in [6, 6.07) is 16.4. The predicted octanol–water partition coefficient (Wildman–Crippen LogP) is 5.05. The SMILES string of the molecule is COc1ccc(CN2CCC(N(C(=O)c3ccco3)c3ccc(C)c(F)c3)CC2)cc1. The summed E-state index contributed by atoms with van der Waals surface area (Å²) in [6.45, 7) is 4.28. The molecule has 162 valence electrons. The fourth-order valence-corrected chi connectivity index (χ4v) is 4.07. The van der Waals surface area contributed by atoms with Crippen molar-refractivity contribution >= 4 is 11.6 Å². The molecule has 0 N–H and O–H groups in total. The summed E-state index contributed by atoms with van der Waals surface area (Å²) >= 11 is 0. The van der Waals surface area contributed by atoms with Crippen LogP contribution in [-0.4, -0.2) is 37.0 Å². The minimum absolute atomic E-state index is 0.0215. The molecule has 1 fully saturated rings. The molecule has 3 aromatic rings. The number of benzene rings is 2. The average molecular weight is 423 g/mol. The van der Waals surface area contributed by atoms with E-state index < -0.39 is 0 Å². The van der Waals surface area contributed by atoms with Crippen LogP contribution in [0.4, 0.5) is 10.1 Å². The number of halogens is 1. The van der Waals surface area contributed by atoms with Crippen LogP contribution in [0.15, 0.2) is 65.3 Å². The van der Waals surface area contributed by atoms with Gasteiger partial charge in [0, 0.05) is 31.4 Å². The van der Waals surface area contributed by atoms with Crippen LogP contribution in [0.1, 0.15) is 34.5 Å². The highest BCUT2D eigenvalue weighted by Gasteiger charge is 2.31. The van der Waals surface area contributed by atoms with Crippen molar-refractivity contribution in [3.8, 4) is 5.75 Å². The Labute approximate surface area is 182 Å². The molecule has 31 heavy (non-hydrogen) atoms. The molecule has 1 amide bonds. The molecule has 0 saturated carbocycles. The Morgan fingerprint density at radius 2 is 1.90 bits per heavy atom.